The molecule has 0 aliphatic carbocycles. The molecule has 3 heterocycles. The number of likely N-dealkylation sites (tertiary alicyclic amines) is 1. The summed E-state index contributed by atoms with van der Waals surface area (Å²) < 4.78 is 12.1. The summed E-state index contributed by atoms with van der Waals surface area (Å²) in [6.07, 6.45) is 3.07. The third kappa shape index (κ3) is 6.93. The third-order valence-corrected chi connectivity index (χ3v) is 6.99. The minimum atomic E-state index is -0.664. The number of hydrogen-bond acceptors (Lipinski definition) is 6. The molecule has 3 aliphatic heterocycles. The van der Waals surface area contributed by atoms with Gasteiger partial charge in [0.1, 0.15) is 6.04 Å². The SMILES string of the molecule is CC(C)NC1CCN(Cc2ccccc2)CC1.O=C1CCC(N2Cc3cc(OF)ccc3C2=O)C(=O)N1. The highest BCUT2D eigenvalue weighted by Crippen LogP contribution is 2.30. The van der Waals surface area contributed by atoms with Gasteiger partial charge in [0.2, 0.25) is 11.8 Å². The second-order valence-electron chi connectivity index (χ2n) is 10.2. The smallest absolute Gasteiger partial charge is 0.255 e. The lowest BCUT2D eigenvalue weighted by Gasteiger charge is -2.33. The summed E-state index contributed by atoms with van der Waals surface area (Å²) >= 11 is 0. The van der Waals surface area contributed by atoms with Crippen molar-refractivity contribution in [2.24, 2.45) is 0 Å². The Bertz CT molecular complexity index is 1100. The zero-order valence-corrected chi connectivity index (χ0v) is 21.4. The second kappa shape index (κ2) is 12.3. The fourth-order valence-corrected chi connectivity index (χ4v) is 5.17. The molecule has 198 valence electrons. The Morgan fingerprint density at radius 1 is 1.05 bits per heavy atom. The molecule has 8 nitrogen and oxygen atoms in total. The van der Waals surface area contributed by atoms with E-state index in [0.29, 0.717) is 23.6 Å². The number of carbonyl (C=O) groups excluding carboxylic acids is 3. The lowest BCUT2D eigenvalue weighted by molar-refractivity contribution is -0.136. The Morgan fingerprint density at radius 2 is 1.78 bits per heavy atom. The predicted molar refractivity (Wildman–Crippen MR) is 137 cm³/mol. The standard InChI is InChI=1S/C15H24N2.C13H11FN2O4/c1-13(2)16-15-8-10-17(11-9-15)12-14-6-4-3-5-7-14;14-20-8-1-2-9-7(5-8)6-16(13(9)19)10-3-4-11(17)15-12(10)18/h3-7,13,15-16H,8-12H2,1-2H3;1-2,5,10H,3-4,6H2,(H,15,17,18). The van der Waals surface area contributed by atoms with E-state index in [0.717, 1.165) is 12.6 Å². The van der Waals surface area contributed by atoms with Crippen molar-refractivity contribution >= 4 is 17.7 Å². The van der Waals surface area contributed by atoms with E-state index in [1.165, 1.54) is 54.6 Å². The van der Waals surface area contributed by atoms with Gasteiger partial charge in [-0.05, 0) is 61.7 Å². The maximum absolute atomic E-state index is 12.2. The number of rotatable bonds is 6. The lowest BCUT2D eigenvalue weighted by Crippen LogP contribution is -2.52. The molecule has 37 heavy (non-hydrogen) atoms. The number of amides is 3. The van der Waals surface area contributed by atoms with Gasteiger partial charge in [-0.1, -0.05) is 44.2 Å². The number of fused-ring (bicyclic) bond motifs is 1. The normalized spacial score (nSPS) is 20.4. The van der Waals surface area contributed by atoms with Crippen LogP contribution in [-0.2, 0) is 22.7 Å². The molecule has 2 aromatic rings. The molecule has 2 saturated heterocycles. The first-order chi connectivity index (χ1) is 17.8. The largest absolute Gasteiger partial charge is 0.322 e. The number of carbonyl (C=O) groups is 3. The highest BCUT2D eigenvalue weighted by atomic mass is 19.3. The average Bonchev–Trinajstić information content (AvgIpc) is 3.21. The molecule has 1 unspecified atom stereocenters. The molecule has 9 heteroatoms. The first-order valence-electron chi connectivity index (χ1n) is 12.9. The van der Waals surface area contributed by atoms with E-state index in [9.17, 15) is 18.9 Å². The van der Waals surface area contributed by atoms with E-state index >= 15 is 0 Å². The molecule has 0 radical (unpaired) electrons. The summed E-state index contributed by atoms with van der Waals surface area (Å²) in [4.78, 5) is 42.8. The van der Waals surface area contributed by atoms with Crippen molar-refractivity contribution in [1.29, 1.82) is 0 Å². The second-order valence-corrected chi connectivity index (χ2v) is 10.2. The van der Waals surface area contributed by atoms with Gasteiger partial charge >= 0.3 is 0 Å². The Balaban J connectivity index is 0.000000176. The van der Waals surface area contributed by atoms with Crippen LogP contribution < -0.4 is 15.6 Å². The van der Waals surface area contributed by atoms with Crippen LogP contribution in [0.5, 0.6) is 5.75 Å². The first-order valence-corrected chi connectivity index (χ1v) is 12.9. The molecule has 2 N–H and O–H groups in total. The molecule has 0 bridgehead atoms. The Labute approximate surface area is 217 Å². The van der Waals surface area contributed by atoms with Crippen LogP contribution in [0.25, 0.3) is 0 Å². The summed E-state index contributed by atoms with van der Waals surface area (Å²) in [5.74, 6) is -1.07. The van der Waals surface area contributed by atoms with Gasteiger partial charge in [-0.3, -0.25) is 29.5 Å². The van der Waals surface area contributed by atoms with Crippen LogP contribution in [-0.4, -0.2) is 58.7 Å². The van der Waals surface area contributed by atoms with Gasteiger partial charge in [0.15, 0.2) is 5.75 Å². The molecular formula is C28H35FN4O4. The summed E-state index contributed by atoms with van der Waals surface area (Å²) in [5, 5.41) is 5.86. The number of imide groups is 1. The van der Waals surface area contributed by atoms with E-state index in [4.69, 9.17) is 0 Å². The lowest BCUT2D eigenvalue weighted by atomic mass is 10.0. The Kier molecular flexibility index (Phi) is 8.89. The number of hydrogen-bond donors (Lipinski definition) is 2. The van der Waals surface area contributed by atoms with E-state index in [1.54, 1.807) is 0 Å². The third-order valence-electron chi connectivity index (χ3n) is 6.99. The van der Waals surface area contributed by atoms with Crippen molar-refractivity contribution in [3.63, 3.8) is 0 Å². The molecule has 0 saturated carbocycles. The van der Waals surface area contributed by atoms with Gasteiger partial charge in [-0.25, -0.2) is 0 Å². The monoisotopic (exact) mass is 510 g/mol. The van der Waals surface area contributed by atoms with Crippen molar-refractivity contribution in [3.8, 4) is 5.75 Å². The Morgan fingerprint density at radius 3 is 2.43 bits per heavy atom. The zero-order chi connectivity index (χ0) is 26.4. The quantitative estimate of drug-likeness (QED) is 0.580. The molecule has 3 amide bonds. The summed E-state index contributed by atoms with van der Waals surface area (Å²) in [6, 6.07) is 15.7. The van der Waals surface area contributed by atoms with Gasteiger partial charge < -0.3 is 10.2 Å². The number of piperidine rings is 2. The first kappa shape index (κ1) is 26.8. The number of nitrogens with one attached hydrogen (secondary N) is 2. The zero-order valence-electron chi connectivity index (χ0n) is 21.4. The number of halogens is 1. The molecule has 1 atom stereocenters. The highest BCUT2D eigenvalue weighted by Gasteiger charge is 2.39. The molecule has 3 aliphatic rings. The minimum Gasteiger partial charge on any atom is -0.322 e. The van der Waals surface area contributed by atoms with Crippen molar-refractivity contribution in [3.05, 3.63) is 65.2 Å². The minimum absolute atomic E-state index is 0.0154. The van der Waals surface area contributed by atoms with Crippen LogP contribution in [0.4, 0.5) is 4.53 Å². The molecule has 2 aromatic carbocycles. The van der Waals surface area contributed by atoms with Gasteiger partial charge in [-0.2, -0.15) is 0 Å². The molecule has 5 rings (SSSR count). The van der Waals surface area contributed by atoms with Crippen LogP contribution in [0.3, 0.4) is 0 Å². The highest BCUT2D eigenvalue weighted by molar-refractivity contribution is 6.05. The fourth-order valence-electron chi connectivity index (χ4n) is 5.17. The maximum Gasteiger partial charge on any atom is 0.255 e. The van der Waals surface area contributed by atoms with E-state index in [1.807, 2.05) is 0 Å². The Hall–Kier alpha value is -3.30. The summed E-state index contributed by atoms with van der Waals surface area (Å²) in [6.45, 7) is 8.22. The topological polar surface area (TPSA) is 91.0 Å². The van der Waals surface area contributed by atoms with Crippen LogP contribution in [0, 0.1) is 0 Å². The molecule has 0 spiro atoms. The summed E-state index contributed by atoms with van der Waals surface area (Å²) in [7, 11) is 0. The average molecular weight is 511 g/mol. The molecule has 0 aromatic heterocycles. The van der Waals surface area contributed by atoms with Gasteiger partial charge in [-0.15, -0.1) is 0 Å². The van der Waals surface area contributed by atoms with Gasteiger partial charge in [0, 0.05) is 41.7 Å². The van der Waals surface area contributed by atoms with E-state index in [2.05, 4.69) is 64.7 Å². The van der Waals surface area contributed by atoms with Crippen molar-refractivity contribution in [1.82, 2.24) is 20.4 Å². The number of nitrogens with zero attached hydrogens (tertiary/aromatic N) is 2. The van der Waals surface area contributed by atoms with Crippen LogP contribution in [0.1, 0.15) is 61.0 Å². The molecular weight excluding hydrogens is 475 g/mol. The maximum atomic E-state index is 12.2. The van der Waals surface area contributed by atoms with E-state index in [-0.39, 0.29) is 30.5 Å². The van der Waals surface area contributed by atoms with Gasteiger partial charge in [0.05, 0.1) is 0 Å². The fraction of sp³-hybridized carbons (Fsp3) is 0.464. The van der Waals surface area contributed by atoms with Crippen LogP contribution in [0.15, 0.2) is 48.5 Å². The van der Waals surface area contributed by atoms with Crippen molar-refractivity contribution < 1.29 is 23.9 Å². The van der Waals surface area contributed by atoms with Crippen LogP contribution >= 0.6 is 0 Å². The van der Waals surface area contributed by atoms with E-state index < -0.39 is 11.9 Å². The van der Waals surface area contributed by atoms with Crippen molar-refractivity contribution in [2.45, 2.75) is 70.7 Å². The van der Waals surface area contributed by atoms with Crippen molar-refractivity contribution in [2.75, 3.05) is 13.1 Å². The number of benzene rings is 2. The van der Waals surface area contributed by atoms with Gasteiger partial charge in [0.25, 0.3) is 5.91 Å². The van der Waals surface area contributed by atoms with Crippen LogP contribution in [0.2, 0.25) is 0 Å². The summed E-state index contributed by atoms with van der Waals surface area (Å²) in [5.41, 5.74) is 2.47. The predicted octanol–water partition coefficient (Wildman–Crippen LogP) is 3.36. The molecule has 2 fully saturated rings.